The molecule has 0 spiro atoms. The van der Waals surface area contributed by atoms with Crippen LogP contribution in [0, 0.1) is 3.57 Å². The smallest absolute Gasteiger partial charge is 0.293 e. The molecule has 0 atom stereocenters. The van der Waals surface area contributed by atoms with Crippen molar-refractivity contribution in [3.8, 4) is 5.75 Å². The lowest BCUT2D eigenvalue weighted by molar-refractivity contribution is -0.123. The third-order valence-electron chi connectivity index (χ3n) is 3.69. The molecule has 1 heterocycles. The zero-order valence-electron chi connectivity index (χ0n) is 13.9. The van der Waals surface area contributed by atoms with Crippen molar-refractivity contribution >= 4 is 63.2 Å². The van der Waals surface area contributed by atoms with E-state index in [2.05, 4.69) is 22.6 Å². The molecule has 2 aromatic rings. The van der Waals surface area contributed by atoms with Crippen molar-refractivity contribution in [3.05, 3.63) is 67.1 Å². The van der Waals surface area contributed by atoms with E-state index in [-0.39, 0.29) is 17.7 Å². The van der Waals surface area contributed by atoms with Crippen molar-refractivity contribution in [1.82, 2.24) is 4.90 Å². The van der Waals surface area contributed by atoms with Gasteiger partial charge >= 0.3 is 0 Å². The van der Waals surface area contributed by atoms with E-state index in [1.54, 1.807) is 24.3 Å². The van der Waals surface area contributed by atoms with Gasteiger partial charge in [-0.2, -0.15) is 0 Å². The van der Waals surface area contributed by atoms with E-state index in [4.69, 9.17) is 16.3 Å². The Bertz CT molecular complexity index is 883. The first-order valence-corrected chi connectivity index (χ1v) is 10.2. The van der Waals surface area contributed by atoms with E-state index in [9.17, 15) is 9.59 Å². The molecule has 0 radical (unpaired) electrons. The van der Waals surface area contributed by atoms with Crippen LogP contribution in [0.2, 0.25) is 5.02 Å². The predicted octanol–water partition coefficient (Wildman–Crippen LogP) is 5.58. The summed E-state index contributed by atoms with van der Waals surface area (Å²) in [7, 11) is 0. The van der Waals surface area contributed by atoms with Crippen LogP contribution in [0.25, 0.3) is 6.08 Å². The van der Waals surface area contributed by atoms with Crippen LogP contribution in [-0.2, 0) is 11.3 Å². The number of carbonyl (C=O) groups excluding carboxylic acids is 2. The first-order chi connectivity index (χ1) is 12.5. The maximum atomic E-state index is 12.7. The van der Waals surface area contributed by atoms with Crippen molar-refractivity contribution < 1.29 is 14.3 Å². The Morgan fingerprint density at radius 3 is 2.62 bits per heavy atom. The van der Waals surface area contributed by atoms with Crippen LogP contribution in [0.1, 0.15) is 18.1 Å². The Kier molecular flexibility index (Phi) is 6.26. The van der Waals surface area contributed by atoms with Gasteiger partial charge < -0.3 is 4.74 Å². The zero-order chi connectivity index (χ0) is 18.7. The van der Waals surface area contributed by atoms with Gasteiger partial charge in [0.1, 0.15) is 5.75 Å². The van der Waals surface area contributed by atoms with Crippen LogP contribution in [-0.4, -0.2) is 22.7 Å². The number of amides is 2. The molecule has 1 aliphatic heterocycles. The summed E-state index contributed by atoms with van der Waals surface area (Å²) >= 11 is 9.21. The first kappa shape index (κ1) is 19.3. The van der Waals surface area contributed by atoms with Gasteiger partial charge in [-0.3, -0.25) is 14.5 Å². The Hall–Kier alpha value is -1.51. The highest BCUT2D eigenvalue weighted by molar-refractivity contribution is 14.1. The third kappa shape index (κ3) is 4.42. The minimum absolute atomic E-state index is 0.257. The second-order valence-corrected chi connectivity index (χ2v) is 8.18. The molecule has 0 unspecified atom stereocenters. The van der Waals surface area contributed by atoms with E-state index in [0.717, 1.165) is 20.9 Å². The number of ether oxygens (including phenoxy) is 1. The van der Waals surface area contributed by atoms with Gasteiger partial charge in [-0.05, 0) is 83.2 Å². The van der Waals surface area contributed by atoms with Gasteiger partial charge in [0.2, 0.25) is 0 Å². The predicted molar refractivity (Wildman–Crippen MR) is 113 cm³/mol. The van der Waals surface area contributed by atoms with Gasteiger partial charge in [0.15, 0.2) is 0 Å². The number of nitrogens with zero attached hydrogens (tertiary/aromatic N) is 1. The van der Waals surface area contributed by atoms with Gasteiger partial charge in [0.25, 0.3) is 11.1 Å². The van der Waals surface area contributed by atoms with Crippen molar-refractivity contribution in [3.63, 3.8) is 0 Å². The van der Waals surface area contributed by atoms with Crippen molar-refractivity contribution in [1.29, 1.82) is 0 Å². The molecule has 26 heavy (non-hydrogen) atoms. The van der Waals surface area contributed by atoms with Gasteiger partial charge in [-0.1, -0.05) is 23.7 Å². The summed E-state index contributed by atoms with van der Waals surface area (Å²) in [4.78, 5) is 26.6. The standard InChI is InChI=1S/C19H15ClINO3S/c1-2-25-16-8-5-14(20)9-13(16)10-17-18(23)22(19(24)26-17)11-12-3-6-15(21)7-4-12/h3-10H,2,11H2,1H3/b17-10-. The fourth-order valence-corrected chi connectivity index (χ4v) is 3.84. The molecule has 0 N–H and O–H groups in total. The molecular weight excluding hydrogens is 485 g/mol. The highest BCUT2D eigenvalue weighted by atomic mass is 127. The number of benzene rings is 2. The lowest BCUT2D eigenvalue weighted by Crippen LogP contribution is -2.27. The topological polar surface area (TPSA) is 46.6 Å². The molecule has 7 heteroatoms. The summed E-state index contributed by atoms with van der Waals surface area (Å²) in [6.45, 7) is 2.64. The SMILES string of the molecule is CCOc1ccc(Cl)cc1/C=C1\SC(=O)N(Cc2ccc(I)cc2)C1=O. The lowest BCUT2D eigenvalue weighted by atomic mass is 10.1. The van der Waals surface area contributed by atoms with Gasteiger partial charge in [-0.25, -0.2) is 0 Å². The number of thioether (sulfide) groups is 1. The Morgan fingerprint density at radius 2 is 1.92 bits per heavy atom. The Labute approximate surface area is 174 Å². The molecule has 1 saturated heterocycles. The van der Waals surface area contributed by atoms with Crippen molar-refractivity contribution in [2.45, 2.75) is 13.5 Å². The van der Waals surface area contributed by atoms with E-state index in [0.29, 0.717) is 27.8 Å². The molecular formula is C19H15ClINO3S. The Balaban J connectivity index is 1.85. The summed E-state index contributed by atoms with van der Waals surface area (Å²) in [5.74, 6) is 0.322. The highest BCUT2D eigenvalue weighted by Crippen LogP contribution is 2.35. The molecule has 3 rings (SSSR count). The molecule has 1 fully saturated rings. The summed E-state index contributed by atoms with van der Waals surface area (Å²) in [5, 5.41) is 0.262. The average molecular weight is 500 g/mol. The average Bonchev–Trinajstić information content (AvgIpc) is 2.87. The van der Waals surface area contributed by atoms with Crippen LogP contribution < -0.4 is 4.74 Å². The number of imide groups is 1. The second kappa shape index (κ2) is 8.45. The second-order valence-electron chi connectivity index (χ2n) is 5.51. The van der Waals surface area contributed by atoms with Gasteiger partial charge in [0, 0.05) is 14.2 Å². The number of rotatable bonds is 5. The minimum atomic E-state index is -0.305. The monoisotopic (exact) mass is 499 g/mol. The minimum Gasteiger partial charge on any atom is -0.493 e. The molecule has 0 aromatic heterocycles. The van der Waals surface area contributed by atoms with Crippen LogP contribution in [0.3, 0.4) is 0 Å². The molecule has 0 aliphatic carbocycles. The normalized spacial score (nSPS) is 15.8. The molecule has 0 bridgehead atoms. The van der Waals surface area contributed by atoms with E-state index < -0.39 is 0 Å². The number of hydrogen-bond acceptors (Lipinski definition) is 4. The highest BCUT2D eigenvalue weighted by Gasteiger charge is 2.35. The van der Waals surface area contributed by atoms with Crippen LogP contribution >= 0.6 is 46.0 Å². The maximum Gasteiger partial charge on any atom is 0.293 e. The molecule has 1 aliphatic rings. The summed E-state index contributed by atoms with van der Waals surface area (Å²) < 4.78 is 6.68. The summed E-state index contributed by atoms with van der Waals surface area (Å²) in [6.07, 6.45) is 1.66. The Morgan fingerprint density at radius 1 is 1.19 bits per heavy atom. The molecule has 4 nitrogen and oxygen atoms in total. The number of hydrogen-bond donors (Lipinski definition) is 0. The summed E-state index contributed by atoms with van der Waals surface area (Å²) in [5.41, 5.74) is 1.59. The molecule has 2 amide bonds. The van der Waals surface area contributed by atoms with E-state index >= 15 is 0 Å². The lowest BCUT2D eigenvalue weighted by Gasteiger charge is -2.12. The number of halogens is 2. The van der Waals surface area contributed by atoms with E-state index in [1.807, 2.05) is 31.2 Å². The zero-order valence-corrected chi connectivity index (χ0v) is 17.6. The molecule has 134 valence electrons. The van der Waals surface area contributed by atoms with Gasteiger partial charge in [0.05, 0.1) is 18.1 Å². The number of carbonyl (C=O) groups is 2. The van der Waals surface area contributed by atoms with Crippen LogP contribution in [0.4, 0.5) is 4.79 Å². The fraction of sp³-hybridized carbons (Fsp3) is 0.158. The molecule has 0 saturated carbocycles. The maximum absolute atomic E-state index is 12.7. The third-order valence-corrected chi connectivity index (χ3v) is 5.55. The van der Waals surface area contributed by atoms with Crippen LogP contribution in [0.15, 0.2) is 47.4 Å². The van der Waals surface area contributed by atoms with Crippen molar-refractivity contribution in [2.24, 2.45) is 0 Å². The van der Waals surface area contributed by atoms with Crippen LogP contribution in [0.5, 0.6) is 5.75 Å². The van der Waals surface area contributed by atoms with E-state index in [1.165, 1.54) is 4.90 Å². The molecule has 2 aromatic carbocycles. The first-order valence-electron chi connectivity index (χ1n) is 7.90. The summed E-state index contributed by atoms with van der Waals surface area (Å²) in [6, 6.07) is 12.9. The quantitative estimate of drug-likeness (QED) is 0.398. The van der Waals surface area contributed by atoms with Crippen molar-refractivity contribution in [2.75, 3.05) is 6.61 Å². The van der Waals surface area contributed by atoms with Gasteiger partial charge in [-0.15, -0.1) is 0 Å². The largest absolute Gasteiger partial charge is 0.493 e. The fourth-order valence-electron chi connectivity index (χ4n) is 2.47.